The molecule has 0 heterocycles. The zero-order valence-corrected chi connectivity index (χ0v) is 7.52. The Morgan fingerprint density at radius 1 is 1.60 bits per heavy atom. The molecule has 0 bridgehead atoms. The summed E-state index contributed by atoms with van der Waals surface area (Å²) < 4.78 is 15.3. The molecule has 0 amide bonds. The van der Waals surface area contributed by atoms with Crippen LogP contribution in [0.1, 0.15) is 13.8 Å². The summed E-state index contributed by atoms with van der Waals surface area (Å²) in [5.74, 6) is 0. The summed E-state index contributed by atoms with van der Waals surface area (Å²) in [7, 11) is -1.53. The molecule has 10 heavy (non-hydrogen) atoms. The molecule has 3 nitrogen and oxygen atoms in total. The highest BCUT2D eigenvalue weighted by Crippen LogP contribution is 2.22. The summed E-state index contributed by atoms with van der Waals surface area (Å²) in [6.07, 6.45) is 0. The second kappa shape index (κ2) is 4.02. The van der Waals surface area contributed by atoms with Gasteiger partial charge < -0.3 is 5.11 Å². The average molecular weight is 165 g/mol. The van der Waals surface area contributed by atoms with Gasteiger partial charge in [-0.15, -0.1) is 4.52 Å². The molecule has 1 unspecified atom stereocenters. The van der Waals surface area contributed by atoms with Crippen molar-refractivity contribution < 1.29 is 14.2 Å². The molecule has 1 atom stereocenters. The minimum Gasteiger partial charge on any atom is -0.396 e. The van der Waals surface area contributed by atoms with Gasteiger partial charge in [-0.3, -0.25) is 0 Å². The van der Waals surface area contributed by atoms with E-state index in [1.54, 1.807) is 0 Å². The smallest absolute Gasteiger partial charge is 0.396 e. The Hall–Kier alpha value is 0.0200. The normalized spacial score (nSPS) is 13.4. The largest absolute Gasteiger partial charge is 0.504 e. The van der Waals surface area contributed by atoms with E-state index in [-0.39, 0.29) is 12.0 Å². The molecular weight excluding hydrogens is 151 g/mol. The van der Waals surface area contributed by atoms with Crippen LogP contribution < -0.4 is 0 Å². The SMILES string of the molecule is C[P+](=O)OCC(C)(C)CO. The molecule has 0 radical (unpaired) electrons. The standard InChI is InChI=1S/C6H14O3P/c1-6(2,4-7)5-9-10(3)8/h7H,4-5H2,1-3H3/q+1. The van der Waals surface area contributed by atoms with Crippen molar-refractivity contribution in [2.24, 2.45) is 5.41 Å². The van der Waals surface area contributed by atoms with Gasteiger partial charge in [0, 0.05) is 5.41 Å². The molecule has 0 rings (SSSR count). The lowest BCUT2D eigenvalue weighted by Gasteiger charge is -2.16. The third-order valence-electron chi connectivity index (χ3n) is 1.07. The molecule has 0 saturated carbocycles. The van der Waals surface area contributed by atoms with Crippen LogP contribution in [0.15, 0.2) is 0 Å². The van der Waals surface area contributed by atoms with E-state index in [1.807, 2.05) is 13.8 Å². The van der Waals surface area contributed by atoms with E-state index in [0.717, 1.165) is 0 Å². The summed E-state index contributed by atoms with van der Waals surface area (Å²) >= 11 is 0. The summed E-state index contributed by atoms with van der Waals surface area (Å²) in [5.41, 5.74) is -0.277. The van der Waals surface area contributed by atoms with Gasteiger partial charge in [-0.05, 0) is 4.57 Å². The first-order chi connectivity index (χ1) is 4.48. The van der Waals surface area contributed by atoms with Gasteiger partial charge in [0.1, 0.15) is 6.61 Å². The van der Waals surface area contributed by atoms with Crippen LogP contribution in [0.2, 0.25) is 0 Å². The second-order valence-corrected chi connectivity index (χ2v) is 4.17. The molecular formula is C6H14O3P+. The molecule has 0 aromatic rings. The minimum absolute atomic E-state index is 0.0518. The monoisotopic (exact) mass is 165 g/mol. The Morgan fingerprint density at radius 3 is 2.40 bits per heavy atom. The van der Waals surface area contributed by atoms with Crippen molar-refractivity contribution in [3.63, 3.8) is 0 Å². The number of rotatable bonds is 4. The van der Waals surface area contributed by atoms with Crippen LogP contribution in [0, 0.1) is 5.41 Å². The van der Waals surface area contributed by atoms with E-state index in [4.69, 9.17) is 9.63 Å². The van der Waals surface area contributed by atoms with E-state index in [9.17, 15) is 4.57 Å². The van der Waals surface area contributed by atoms with Crippen molar-refractivity contribution >= 4 is 8.03 Å². The van der Waals surface area contributed by atoms with Crippen molar-refractivity contribution in [2.45, 2.75) is 13.8 Å². The molecule has 0 aliphatic carbocycles. The van der Waals surface area contributed by atoms with Crippen LogP contribution >= 0.6 is 8.03 Å². The van der Waals surface area contributed by atoms with Gasteiger partial charge in [0.15, 0.2) is 6.66 Å². The average Bonchev–Trinajstić information content (AvgIpc) is 1.85. The molecule has 0 aromatic carbocycles. The minimum atomic E-state index is -1.53. The maximum absolute atomic E-state index is 10.5. The molecule has 0 spiro atoms. The summed E-state index contributed by atoms with van der Waals surface area (Å²) in [5, 5.41) is 8.73. The highest BCUT2D eigenvalue weighted by Gasteiger charge is 2.21. The van der Waals surface area contributed by atoms with Crippen molar-refractivity contribution in [2.75, 3.05) is 19.9 Å². The zero-order valence-electron chi connectivity index (χ0n) is 6.63. The van der Waals surface area contributed by atoms with E-state index >= 15 is 0 Å². The van der Waals surface area contributed by atoms with E-state index in [1.165, 1.54) is 6.66 Å². The van der Waals surface area contributed by atoms with E-state index in [0.29, 0.717) is 6.61 Å². The summed E-state index contributed by atoms with van der Waals surface area (Å²) in [6.45, 7) is 5.60. The van der Waals surface area contributed by atoms with Crippen molar-refractivity contribution in [1.82, 2.24) is 0 Å². The van der Waals surface area contributed by atoms with Crippen LogP contribution in [0.4, 0.5) is 0 Å². The van der Waals surface area contributed by atoms with E-state index in [2.05, 4.69) is 0 Å². The third kappa shape index (κ3) is 4.86. The number of hydrogen-bond donors (Lipinski definition) is 1. The molecule has 4 heteroatoms. The summed E-state index contributed by atoms with van der Waals surface area (Å²) in [4.78, 5) is 0. The molecule has 0 saturated heterocycles. The highest BCUT2D eigenvalue weighted by molar-refractivity contribution is 7.38. The molecule has 0 aliphatic heterocycles. The Kier molecular flexibility index (Phi) is 4.02. The van der Waals surface area contributed by atoms with Gasteiger partial charge >= 0.3 is 8.03 Å². The third-order valence-corrected chi connectivity index (χ3v) is 1.56. The Balaban J connectivity index is 3.56. The first-order valence-electron chi connectivity index (χ1n) is 3.12. The number of hydrogen-bond acceptors (Lipinski definition) is 3. The van der Waals surface area contributed by atoms with Crippen LogP contribution in [-0.2, 0) is 9.09 Å². The van der Waals surface area contributed by atoms with Gasteiger partial charge in [0.25, 0.3) is 0 Å². The molecule has 0 aliphatic rings. The Morgan fingerprint density at radius 2 is 2.10 bits per heavy atom. The Labute approximate surface area is 62.3 Å². The Bertz CT molecular complexity index is 122. The van der Waals surface area contributed by atoms with Crippen LogP contribution in [0.3, 0.4) is 0 Å². The fourth-order valence-corrected chi connectivity index (χ4v) is 0.843. The maximum Gasteiger partial charge on any atom is 0.504 e. The first kappa shape index (κ1) is 10.0. The van der Waals surface area contributed by atoms with Gasteiger partial charge in [0.2, 0.25) is 0 Å². The predicted molar refractivity (Wildman–Crippen MR) is 40.3 cm³/mol. The van der Waals surface area contributed by atoms with Crippen molar-refractivity contribution in [3.8, 4) is 0 Å². The molecule has 60 valence electrons. The quantitative estimate of drug-likeness (QED) is 0.640. The molecule has 0 aromatic heterocycles. The molecule has 1 N–H and O–H groups in total. The lowest BCUT2D eigenvalue weighted by molar-refractivity contribution is 0.102. The number of aliphatic hydroxyl groups is 1. The molecule has 0 fully saturated rings. The summed E-state index contributed by atoms with van der Waals surface area (Å²) in [6, 6.07) is 0. The number of aliphatic hydroxyl groups excluding tert-OH is 1. The zero-order chi connectivity index (χ0) is 8.20. The lowest BCUT2D eigenvalue weighted by atomic mass is 9.97. The van der Waals surface area contributed by atoms with Crippen LogP contribution in [-0.4, -0.2) is 25.0 Å². The first-order valence-corrected chi connectivity index (χ1v) is 4.75. The fourth-order valence-electron chi connectivity index (χ4n) is 0.311. The van der Waals surface area contributed by atoms with Gasteiger partial charge in [-0.2, -0.15) is 0 Å². The van der Waals surface area contributed by atoms with E-state index < -0.39 is 8.03 Å². The second-order valence-electron chi connectivity index (χ2n) is 3.04. The topological polar surface area (TPSA) is 46.5 Å². The van der Waals surface area contributed by atoms with Crippen molar-refractivity contribution in [1.29, 1.82) is 0 Å². The fraction of sp³-hybridized carbons (Fsp3) is 1.00. The van der Waals surface area contributed by atoms with Crippen LogP contribution in [0.5, 0.6) is 0 Å². The predicted octanol–water partition coefficient (Wildman–Crippen LogP) is 1.39. The maximum atomic E-state index is 10.5. The van der Waals surface area contributed by atoms with Crippen molar-refractivity contribution in [3.05, 3.63) is 0 Å². The van der Waals surface area contributed by atoms with Crippen LogP contribution in [0.25, 0.3) is 0 Å². The highest BCUT2D eigenvalue weighted by atomic mass is 31.1. The van der Waals surface area contributed by atoms with Gasteiger partial charge in [-0.1, -0.05) is 13.8 Å². The van der Waals surface area contributed by atoms with Gasteiger partial charge in [0.05, 0.1) is 6.61 Å². The van der Waals surface area contributed by atoms with Gasteiger partial charge in [-0.25, -0.2) is 0 Å². The lowest BCUT2D eigenvalue weighted by Crippen LogP contribution is -2.21.